The highest BCUT2D eigenvalue weighted by molar-refractivity contribution is 7.79. The second-order valence-corrected chi connectivity index (χ2v) is 34.0. The average Bonchev–Trinajstić information content (AvgIpc) is 1.52. The predicted octanol–water partition coefficient (Wildman–Crippen LogP) is 30.5. The summed E-state index contributed by atoms with van der Waals surface area (Å²) in [6, 6.07) is 149. The van der Waals surface area contributed by atoms with Crippen molar-refractivity contribution in [1.29, 1.82) is 0 Å². The monoisotopic (exact) mass is 1530 g/mol. The lowest BCUT2D eigenvalue weighted by Crippen LogP contribution is -2.20. The first-order valence-corrected chi connectivity index (χ1v) is 42.4. The molecule has 0 spiro atoms. The van der Waals surface area contributed by atoms with Crippen LogP contribution in [0.1, 0.15) is 11.1 Å². The fourth-order valence-electron chi connectivity index (χ4n) is 21.0. The largest absolute Gasteiger partial charge is 0.277 e. The highest BCUT2D eigenvalue weighted by atomic mass is 31.1. The van der Waals surface area contributed by atoms with Gasteiger partial charge < -0.3 is 0 Å². The highest BCUT2D eigenvalue weighted by Gasteiger charge is 2.32. The van der Waals surface area contributed by atoms with Gasteiger partial charge >= 0.3 is 0 Å². The van der Waals surface area contributed by atoms with E-state index >= 15 is 0 Å². The first-order valence-electron chi connectivity index (χ1n) is 41.0. The minimum absolute atomic E-state index is 0.110. The van der Waals surface area contributed by atoms with Gasteiger partial charge in [0.1, 0.15) is 0 Å². The lowest BCUT2D eigenvalue weighted by Gasteiger charge is -2.19. The maximum absolute atomic E-state index is 12.2. The van der Waals surface area contributed by atoms with E-state index in [4.69, 9.17) is 0 Å². The summed E-state index contributed by atoms with van der Waals surface area (Å²) in [5.74, 6) is 0. The molecule has 0 N–H and O–H groups in total. The molecule has 3 nitrogen and oxygen atoms in total. The van der Waals surface area contributed by atoms with Gasteiger partial charge in [-0.3, -0.25) is 10.1 Å². The second kappa shape index (κ2) is 27.3. The predicted molar refractivity (Wildman–Crippen MR) is 510 cm³/mol. The summed E-state index contributed by atoms with van der Waals surface area (Å²) in [5, 5.41) is 52.4. The van der Waals surface area contributed by atoms with Crippen LogP contribution >= 0.6 is 7.92 Å². The van der Waals surface area contributed by atoms with Gasteiger partial charge in [-0.05, 0) is 278 Å². The van der Waals surface area contributed by atoms with E-state index in [0.717, 1.165) is 39.1 Å². The molecule has 0 fully saturated rings. The van der Waals surface area contributed by atoms with Gasteiger partial charge in [0, 0.05) is 6.07 Å². The molecule has 0 amide bonds. The van der Waals surface area contributed by atoms with Crippen molar-refractivity contribution in [1.82, 2.24) is 0 Å². The van der Waals surface area contributed by atoms with Crippen LogP contribution in [0, 0.1) is 10.1 Å². The smallest absolute Gasteiger partial charge is 0.258 e. The van der Waals surface area contributed by atoms with E-state index in [2.05, 4.69) is 388 Å². The molecule has 26 rings (SSSR count). The number of nitro benzene ring substituents is 1. The van der Waals surface area contributed by atoms with Crippen molar-refractivity contribution in [2.24, 2.45) is 0 Å². The van der Waals surface area contributed by atoms with Gasteiger partial charge in [0.15, 0.2) is 0 Å². The summed E-state index contributed by atoms with van der Waals surface area (Å²) < 4.78 is 0. The molecule has 0 aliphatic heterocycles. The Labute approximate surface area is 687 Å². The normalized spacial score (nSPS) is 12.1. The second-order valence-electron chi connectivity index (χ2n) is 31.7. The number of para-hydroxylation sites is 1. The molecule has 0 heterocycles. The maximum Gasteiger partial charge on any atom is 0.277 e. The average molecular weight is 1530 g/mol. The minimum Gasteiger partial charge on any atom is -0.258 e. The first kappa shape index (κ1) is 68.4. The molecule has 1 aliphatic rings. The molecule has 0 atom stereocenters. The van der Waals surface area contributed by atoms with Gasteiger partial charge in [0.2, 0.25) is 0 Å². The van der Waals surface area contributed by atoms with Gasteiger partial charge in [-0.25, -0.2) is 0 Å². The lowest BCUT2D eigenvalue weighted by atomic mass is 9.83. The zero-order valence-electron chi connectivity index (χ0n) is 64.7. The minimum atomic E-state index is -0.446. The van der Waals surface area contributed by atoms with Crippen molar-refractivity contribution in [3.63, 3.8) is 0 Å². The Bertz CT molecular complexity index is 8270. The van der Waals surface area contributed by atoms with Crippen molar-refractivity contribution in [3.8, 4) is 66.8 Å². The Morgan fingerprint density at radius 1 is 0.193 bits per heavy atom. The SMILES string of the molecule is O=[N+]([O-])c1ccccc1-c1ccc2c3c(-c4ccccc4)c4c(cc5c6ccccc6c6cccc4c65)c(-c4ccccc4)c3c3cccc1c32.c1ccc(-c2c3cc4c5ccccc5c5cccc(c3c(-c3ccccc3)c3c6cc7c(c8cccc(c23)c86)-c2ccccc2C7)c54)cc1.c1ccc(P(c2ccccc2)c2ccccc2)cc1. The Kier molecular flexibility index (Phi) is 15.7. The fourth-order valence-corrected chi connectivity index (χ4v) is 23.3. The van der Waals surface area contributed by atoms with E-state index in [1.807, 2.05) is 12.1 Å². The van der Waals surface area contributed by atoms with Crippen LogP contribution in [0.5, 0.6) is 0 Å². The number of hydrogen-bond acceptors (Lipinski definition) is 2. The third kappa shape index (κ3) is 10.4. The Morgan fingerprint density at radius 3 is 0.975 bits per heavy atom. The molecule has 552 valence electrons. The topological polar surface area (TPSA) is 43.1 Å². The Balaban J connectivity index is 0.000000112. The van der Waals surface area contributed by atoms with E-state index in [-0.39, 0.29) is 10.6 Å². The van der Waals surface area contributed by atoms with Crippen LogP contribution in [-0.4, -0.2) is 4.92 Å². The molecule has 0 aromatic heterocycles. The fraction of sp³-hybridized carbons (Fsp3) is 0.00870. The summed E-state index contributed by atoms with van der Waals surface area (Å²) in [6.07, 6.45) is 0.974. The van der Waals surface area contributed by atoms with E-state index in [0.29, 0.717) is 5.56 Å². The van der Waals surface area contributed by atoms with E-state index in [9.17, 15) is 10.1 Å². The number of benzene rings is 21. The summed E-state index contributed by atoms with van der Waals surface area (Å²) in [5.41, 5.74) is 17.2. The molecule has 0 saturated heterocycles. The number of nitrogens with zero attached hydrogens (tertiary/aromatic N) is 1. The number of nitro groups is 1. The zero-order chi connectivity index (χ0) is 78.5. The maximum atomic E-state index is 12.2. The third-order valence-corrected chi connectivity index (χ3v) is 28.0. The van der Waals surface area contributed by atoms with Gasteiger partial charge in [-0.15, -0.1) is 0 Å². The number of rotatable bonds is 9. The van der Waals surface area contributed by atoms with Crippen molar-refractivity contribution >= 4 is 180 Å². The van der Waals surface area contributed by atoms with E-state index < -0.39 is 7.92 Å². The Morgan fingerprint density at radius 2 is 0.513 bits per heavy atom. The van der Waals surface area contributed by atoms with Crippen molar-refractivity contribution < 1.29 is 4.92 Å². The van der Waals surface area contributed by atoms with Crippen LogP contribution in [0.25, 0.3) is 218 Å². The van der Waals surface area contributed by atoms with Gasteiger partial charge in [-0.2, -0.15) is 0 Å². The van der Waals surface area contributed by atoms with Crippen LogP contribution in [-0.2, 0) is 6.42 Å². The quantitative estimate of drug-likeness (QED) is 0.0626. The highest BCUT2D eigenvalue weighted by Crippen LogP contribution is 2.59. The molecule has 0 bridgehead atoms. The van der Waals surface area contributed by atoms with Crippen LogP contribution < -0.4 is 15.9 Å². The van der Waals surface area contributed by atoms with Crippen molar-refractivity contribution in [2.45, 2.75) is 6.42 Å². The van der Waals surface area contributed by atoms with Gasteiger partial charge in [0.25, 0.3) is 5.69 Å². The molecule has 0 unspecified atom stereocenters. The van der Waals surface area contributed by atoms with Crippen molar-refractivity contribution in [3.05, 3.63) is 434 Å². The zero-order valence-corrected chi connectivity index (χ0v) is 65.6. The summed E-state index contributed by atoms with van der Waals surface area (Å²) in [6.45, 7) is 0. The molecule has 1 aliphatic carbocycles. The van der Waals surface area contributed by atoms with Crippen LogP contribution in [0.15, 0.2) is 413 Å². The lowest BCUT2D eigenvalue weighted by molar-refractivity contribution is -0.384. The molecule has 119 heavy (non-hydrogen) atoms. The van der Waals surface area contributed by atoms with Crippen LogP contribution in [0.3, 0.4) is 0 Å². The molecular weight excluding hydrogens is 1460 g/mol. The first-order chi connectivity index (χ1) is 59.0. The van der Waals surface area contributed by atoms with E-state index in [1.165, 1.54) is 206 Å². The molecule has 0 radical (unpaired) electrons. The molecule has 25 aromatic carbocycles. The number of fused-ring (bicyclic) bond motifs is 20. The summed E-state index contributed by atoms with van der Waals surface area (Å²) >= 11 is 0. The van der Waals surface area contributed by atoms with Gasteiger partial charge in [-0.1, -0.05) is 382 Å². The van der Waals surface area contributed by atoms with E-state index in [1.54, 1.807) is 12.1 Å². The Hall–Kier alpha value is -15.0. The van der Waals surface area contributed by atoms with Crippen LogP contribution in [0.2, 0.25) is 0 Å². The summed E-state index contributed by atoms with van der Waals surface area (Å²) in [4.78, 5) is 12.0. The standard InChI is InChI=1S/C49H28.C48H27NO2.C18H15P/c1-3-13-28(14-4-1)43-41-27-39-34-20-10-9-19-33(34)35-21-11-23-37(45(35)39)47(41)44(29-15-5-2-6-16-29)49-40-26-31-25-30-17-7-8-18-32(30)42(31)36-22-12-24-38(46(36)40)48(43)49;50-49(51)41-24-10-9-19-33(41)32-25-26-38-44-35(32)21-12-23-37(44)47-42(28-13-3-1-4-14-28)40-27-39-31-18-8-7-17-30(31)34-20-11-22-36(45(34)39)46(40)43(48(38)47)29-15-5-2-6-16-29;1-4-10-16(11-5-1)19(17-12-6-2-7-13-17)18-14-8-3-9-15-18/h1-24,26-27H,25H2;1-27H;1-15H. The molecule has 0 saturated carbocycles. The third-order valence-electron chi connectivity index (χ3n) is 25.6. The molecule has 25 aromatic rings. The molecular formula is C115H70NO2P. The van der Waals surface area contributed by atoms with Crippen molar-refractivity contribution in [2.75, 3.05) is 0 Å². The van der Waals surface area contributed by atoms with Crippen LogP contribution in [0.4, 0.5) is 5.69 Å². The summed E-state index contributed by atoms with van der Waals surface area (Å²) in [7, 11) is -0.446. The molecule has 4 heteroatoms. The number of hydrogen-bond donors (Lipinski definition) is 0. The van der Waals surface area contributed by atoms with Gasteiger partial charge in [0.05, 0.1) is 10.5 Å².